The maximum Gasteiger partial charge on any atom is 0.451 e. The van der Waals surface area contributed by atoms with Crippen LogP contribution in [0.15, 0.2) is 37.1 Å². The zero-order chi connectivity index (χ0) is 36.9. The second kappa shape index (κ2) is 13.9. The molecule has 1 saturated heterocycles. The Bertz CT molecular complexity index is 1990. The number of piperazine rings is 1. The quantitative estimate of drug-likeness (QED) is 0.0959. The first kappa shape index (κ1) is 36.6. The van der Waals surface area contributed by atoms with Crippen molar-refractivity contribution >= 4 is 40.9 Å². The number of amides is 1. The molecule has 0 atom stereocenters. The summed E-state index contributed by atoms with van der Waals surface area (Å²) in [5.41, 5.74) is 1.87. The smallest absolute Gasteiger partial charge is 0.361 e. The van der Waals surface area contributed by atoms with Crippen LogP contribution in [0.5, 0.6) is 0 Å². The van der Waals surface area contributed by atoms with Gasteiger partial charge in [-0.1, -0.05) is 35.6 Å². The number of nitrogens with zero attached hydrogens (tertiary/aromatic N) is 10. The number of halogens is 4. The van der Waals surface area contributed by atoms with Gasteiger partial charge in [0.15, 0.2) is 0 Å². The second-order valence-electron chi connectivity index (χ2n) is 15.5. The molecule has 17 heteroatoms. The molecule has 0 radical (unpaired) electrons. The second-order valence-corrected chi connectivity index (χ2v) is 22.6. The Hall–Kier alpha value is -3.72. The minimum Gasteiger partial charge on any atom is -0.361 e. The van der Waals surface area contributed by atoms with Gasteiger partial charge >= 0.3 is 6.18 Å². The van der Waals surface area contributed by atoms with Crippen molar-refractivity contribution in [3.8, 4) is 17.3 Å². The van der Waals surface area contributed by atoms with Crippen LogP contribution in [-0.2, 0) is 27.5 Å². The Morgan fingerprint density at radius 1 is 1.13 bits per heavy atom. The third-order valence-corrected chi connectivity index (χ3v) is 13.6. The van der Waals surface area contributed by atoms with Crippen molar-refractivity contribution in [1.82, 2.24) is 44.1 Å². The van der Waals surface area contributed by atoms with Gasteiger partial charge in [-0.25, -0.2) is 19.9 Å². The first-order valence-electron chi connectivity index (χ1n) is 17.7. The van der Waals surface area contributed by atoms with Crippen LogP contribution in [0.3, 0.4) is 0 Å². The number of nitriles is 1. The van der Waals surface area contributed by atoms with Crippen LogP contribution in [0.1, 0.15) is 60.5 Å². The van der Waals surface area contributed by atoms with E-state index in [2.05, 4.69) is 66.5 Å². The normalized spacial score (nSPS) is 22.2. The number of ether oxygens (including phenoxy) is 1. The van der Waals surface area contributed by atoms with E-state index in [0.717, 1.165) is 34.8 Å². The molecule has 0 N–H and O–H groups in total. The van der Waals surface area contributed by atoms with Crippen LogP contribution in [-0.4, -0.2) is 96.9 Å². The zero-order valence-corrected chi connectivity index (χ0v) is 32.1. The average molecular weight is 800 g/mol. The fraction of sp³-hybridized carbons (Fsp3) is 0.571. The minimum atomic E-state index is -4.76. The first-order chi connectivity index (χ1) is 24.7. The van der Waals surface area contributed by atoms with Crippen molar-refractivity contribution < 1.29 is 22.7 Å². The summed E-state index contributed by atoms with van der Waals surface area (Å²) in [7, 11) is -1.19. The highest BCUT2D eigenvalue weighted by molar-refractivity contribution is 9.09. The molecule has 0 spiro atoms. The lowest BCUT2D eigenvalue weighted by Crippen LogP contribution is -2.60. The number of hydrogen-bond donors (Lipinski definition) is 0. The Kier molecular flexibility index (Phi) is 9.81. The van der Waals surface area contributed by atoms with E-state index in [9.17, 15) is 23.2 Å². The summed E-state index contributed by atoms with van der Waals surface area (Å²) in [5, 5.41) is 15.4. The van der Waals surface area contributed by atoms with Crippen molar-refractivity contribution in [2.24, 2.45) is 0 Å². The van der Waals surface area contributed by atoms with Crippen molar-refractivity contribution in [1.29, 1.82) is 5.26 Å². The highest BCUT2D eigenvalue weighted by Crippen LogP contribution is 2.49. The van der Waals surface area contributed by atoms with Gasteiger partial charge in [0, 0.05) is 70.2 Å². The van der Waals surface area contributed by atoms with E-state index in [1.165, 1.54) is 6.07 Å². The molecule has 52 heavy (non-hydrogen) atoms. The predicted octanol–water partition coefficient (Wildman–Crippen LogP) is 6.42. The van der Waals surface area contributed by atoms with Crippen molar-refractivity contribution in [3.63, 3.8) is 0 Å². The fourth-order valence-electron chi connectivity index (χ4n) is 7.33. The Labute approximate surface area is 309 Å². The third-order valence-electron chi connectivity index (χ3n) is 10.7. The Morgan fingerprint density at radius 2 is 1.88 bits per heavy atom. The molecule has 7 rings (SSSR count). The molecule has 0 aromatic carbocycles. The van der Waals surface area contributed by atoms with E-state index < -0.39 is 35.8 Å². The molecule has 276 valence electrons. The van der Waals surface area contributed by atoms with Crippen LogP contribution in [0, 0.1) is 11.3 Å². The van der Waals surface area contributed by atoms with E-state index in [4.69, 9.17) is 9.84 Å². The van der Waals surface area contributed by atoms with E-state index in [0.29, 0.717) is 71.6 Å². The molecule has 3 fully saturated rings. The maximum absolute atomic E-state index is 13.7. The molecule has 12 nitrogen and oxygen atoms in total. The third kappa shape index (κ3) is 7.26. The van der Waals surface area contributed by atoms with Crippen molar-refractivity contribution in [2.75, 3.05) is 32.8 Å². The molecule has 5 heterocycles. The molecule has 0 unspecified atom stereocenters. The largest absolute Gasteiger partial charge is 0.451 e. The number of carbonyl (C=O) groups is 1. The summed E-state index contributed by atoms with van der Waals surface area (Å²) >= 11 is 3.54. The van der Waals surface area contributed by atoms with Crippen LogP contribution < -0.4 is 0 Å². The molecule has 0 bridgehead atoms. The number of fused-ring (bicyclic) bond motifs is 1. The molecular formula is C35H42BrF3N10O2Si. The van der Waals surface area contributed by atoms with Gasteiger partial charge in [0.1, 0.15) is 24.4 Å². The predicted molar refractivity (Wildman–Crippen MR) is 193 cm³/mol. The van der Waals surface area contributed by atoms with E-state index in [1.807, 2.05) is 27.7 Å². The highest BCUT2D eigenvalue weighted by atomic mass is 79.9. The van der Waals surface area contributed by atoms with Crippen LogP contribution in [0.4, 0.5) is 13.2 Å². The van der Waals surface area contributed by atoms with Crippen molar-refractivity contribution in [3.05, 3.63) is 54.3 Å². The molecule has 2 saturated carbocycles. The first-order valence-corrected chi connectivity index (χ1v) is 22.2. The Morgan fingerprint density at radius 3 is 2.54 bits per heavy atom. The SMILES string of the molecule is C[Si](C)(C)CCOCn1ccc2c(-c3cnn(C4(CC#N)CC(N5CCN(C(=O)c6cc(C7(Br)CCC7)nc(C(F)(F)F)n6)CC5)C4)c3)ncnc21. The van der Waals surface area contributed by atoms with E-state index >= 15 is 0 Å². The number of hydrogen-bond acceptors (Lipinski definition) is 9. The summed E-state index contributed by atoms with van der Waals surface area (Å²) in [6.07, 6.45) is 6.36. The molecule has 4 aromatic heterocycles. The maximum atomic E-state index is 13.7. The lowest BCUT2D eigenvalue weighted by molar-refractivity contribution is -0.145. The lowest BCUT2D eigenvalue weighted by Gasteiger charge is -2.52. The van der Waals surface area contributed by atoms with Gasteiger partial charge in [-0.15, -0.1) is 0 Å². The molecule has 1 amide bonds. The van der Waals surface area contributed by atoms with Gasteiger partial charge < -0.3 is 14.2 Å². The average Bonchev–Trinajstić information content (AvgIpc) is 3.74. The molecule has 3 aliphatic rings. The summed E-state index contributed by atoms with van der Waals surface area (Å²) in [5.74, 6) is -1.81. The van der Waals surface area contributed by atoms with Gasteiger partial charge in [0.2, 0.25) is 5.82 Å². The Balaban J connectivity index is 0.996. The molecular weight excluding hydrogens is 757 g/mol. The standard InChI is InChI=1S/C35H42BrF3N10O2Si/c1-52(2,3)16-15-51-23-48-10-5-26-29(41-22-42-30(26)48)24-20-43-49(21-24)33(8-9-40)18-25(19-33)46-11-13-47(14-12-46)31(50)27-17-28(34(36)6-4-7-34)45-32(44-27)35(37,38)39/h5,10,17,20-22,25H,4,6-8,11-16,18-19,23H2,1-3H3. The monoisotopic (exact) mass is 798 g/mol. The fourth-order valence-corrected chi connectivity index (χ4v) is 8.85. The van der Waals surface area contributed by atoms with Gasteiger partial charge in [-0.2, -0.15) is 23.5 Å². The van der Waals surface area contributed by atoms with Crippen LogP contribution in [0.25, 0.3) is 22.3 Å². The summed E-state index contributed by atoms with van der Waals surface area (Å²) < 4.78 is 50.3. The number of rotatable bonds is 11. The number of carbonyl (C=O) groups excluding carboxylic acids is 1. The summed E-state index contributed by atoms with van der Waals surface area (Å²) in [4.78, 5) is 33.9. The summed E-state index contributed by atoms with van der Waals surface area (Å²) in [6.45, 7) is 9.95. The van der Waals surface area contributed by atoms with Gasteiger partial charge in [0.25, 0.3) is 5.91 Å². The molecule has 1 aliphatic heterocycles. The van der Waals surface area contributed by atoms with Gasteiger partial charge in [-0.3, -0.25) is 14.4 Å². The highest BCUT2D eigenvalue weighted by Gasteiger charge is 2.49. The molecule has 2 aliphatic carbocycles. The van der Waals surface area contributed by atoms with Gasteiger partial charge in [-0.05, 0) is 50.3 Å². The topological polar surface area (TPSA) is 131 Å². The van der Waals surface area contributed by atoms with Gasteiger partial charge in [0.05, 0.1) is 39.9 Å². The van der Waals surface area contributed by atoms with Crippen LogP contribution >= 0.6 is 15.9 Å². The minimum absolute atomic E-state index is 0.174. The van der Waals surface area contributed by atoms with Crippen molar-refractivity contribution in [2.45, 2.75) is 93.0 Å². The van der Waals surface area contributed by atoms with Crippen LogP contribution in [0.2, 0.25) is 25.7 Å². The number of alkyl halides is 4. The van der Waals surface area contributed by atoms with E-state index in [-0.39, 0.29) is 17.4 Å². The zero-order valence-electron chi connectivity index (χ0n) is 29.5. The molecule has 4 aromatic rings. The van der Waals surface area contributed by atoms with E-state index in [1.54, 1.807) is 17.4 Å². The summed E-state index contributed by atoms with van der Waals surface area (Å²) in [6, 6.07) is 7.02. The number of aromatic nitrogens is 7. The lowest BCUT2D eigenvalue weighted by atomic mass is 9.70.